The Hall–Kier alpha value is -1.59. The Morgan fingerprint density at radius 1 is 0.407 bits per heavy atom. The average molecular weight is 1140 g/mol. The minimum atomic E-state index is -1.57. The maximum Gasteiger partial charge on any atom is 0.220 e. The highest BCUT2D eigenvalue weighted by atomic mass is 16.7. The maximum absolute atomic E-state index is 13.1. The van der Waals surface area contributed by atoms with Gasteiger partial charge in [-0.15, -0.1) is 0 Å². The van der Waals surface area contributed by atoms with Gasteiger partial charge in [0.2, 0.25) is 5.91 Å². The van der Waals surface area contributed by atoms with Gasteiger partial charge in [0, 0.05) is 6.42 Å². The van der Waals surface area contributed by atoms with E-state index in [2.05, 4.69) is 43.5 Å². The van der Waals surface area contributed by atoms with Gasteiger partial charge in [0.1, 0.15) is 24.4 Å². The summed E-state index contributed by atoms with van der Waals surface area (Å²) in [6.45, 7) is 3.81. The molecule has 9 heteroatoms. The highest BCUT2D eigenvalue weighted by Gasteiger charge is 2.44. The normalized spacial score (nSPS) is 18.5. The third-order valence-electron chi connectivity index (χ3n) is 17.2. The Labute approximate surface area is 501 Å². The molecule has 1 fully saturated rings. The lowest BCUT2D eigenvalue weighted by atomic mass is 9.99. The summed E-state index contributed by atoms with van der Waals surface area (Å²) >= 11 is 0. The van der Waals surface area contributed by atoms with Gasteiger partial charge < -0.3 is 40.3 Å². The molecule has 1 aliphatic rings. The van der Waals surface area contributed by atoms with Gasteiger partial charge in [-0.1, -0.05) is 346 Å². The number of hydrogen-bond donors (Lipinski definition) is 6. The van der Waals surface area contributed by atoms with Crippen molar-refractivity contribution in [2.75, 3.05) is 13.2 Å². The summed E-state index contributed by atoms with van der Waals surface area (Å²) in [6, 6.07) is -0.828. The Balaban J connectivity index is 2.13. The van der Waals surface area contributed by atoms with Gasteiger partial charge >= 0.3 is 0 Å². The summed E-state index contributed by atoms with van der Waals surface area (Å²) in [5.74, 6) is -0.183. The van der Waals surface area contributed by atoms with E-state index in [0.717, 1.165) is 44.9 Å². The van der Waals surface area contributed by atoms with Crippen LogP contribution in [0.25, 0.3) is 0 Å². The van der Waals surface area contributed by atoms with E-state index in [9.17, 15) is 30.3 Å². The van der Waals surface area contributed by atoms with Crippen molar-refractivity contribution in [2.45, 2.75) is 403 Å². The summed E-state index contributed by atoms with van der Waals surface area (Å²) in [5.41, 5.74) is 0. The van der Waals surface area contributed by atoms with Crippen molar-refractivity contribution in [2.24, 2.45) is 0 Å². The molecule has 0 saturated carbocycles. The lowest BCUT2D eigenvalue weighted by Gasteiger charge is -2.40. The van der Waals surface area contributed by atoms with Crippen LogP contribution in [0.1, 0.15) is 361 Å². The molecule has 7 atom stereocenters. The van der Waals surface area contributed by atoms with Crippen LogP contribution in [0.15, 0.2) is 36.5 Å². The first-order valence-electron chi connectivity index (χ1n) is 35.7. The first-order chi connectivity index (χ1) is 39.8. The fourth-order valence-electron chi connectivity index (χ4n) is 11.6. The quantitative estimate of drug-likeness (QED) is 0.0261. The minimum absolute atomic E-state index is 0.183. The number of carbonyl (C=O) groups is 1. The summed E-state index contributed by atoms with van der Waals surface area (Å²) in [7, 11) is 0. The smallest absolute Gasteiger partial charge is 0.220 e. The fourth-order valence-corrected chi connectivity index (χ4v) is 11.6. The average Bonchev–Trinajstić information content (AvgIpc) is 3.47. The lowest BCUT2D eigenvalue weighted by molar-refractivity contribution is -0.302. The van der Waals surface area contributed by atoms with Crippen LogP contribution in [0.5, 0.6) is 0 Å². The third-order valence-corrected chi connectivity index (χ3v) is 17.2. The molecular formula is C72H137NO8. The van der Waals surface area contributed by atoms with Crippen molar-refractivity contribution >= 4 is 5.91 Å². The number of aliphatic hydroxyl groups is 5. The zero-order valence-corrected chi connectivity index (χ0v) is 53.6. The van der Waals surface area contributed by atoms with Gasteiger partial charge in [0.05, 0.1) is 25.4 Å². The van der Waals surface area contributed by atoms with Gasteiger partial charge in [-0.05, 0) is 44.9 Å². The fraction of sp³-hybridized carbons (Fsp3) is 0.903. The molecule has 0 spiro atoms. The van der Waals surface area contributed by atoms with Crippen LogP contribution in [0.2, 0.25) is 0 Å². The van der Waals surface area contributed by atoms with Crippen LogP contribution < -0.4 is 5.32 Å². The molecule has 0 aromatic rings. The summed E-state index contributed by atoms with van der Waals surface area (Å²) < 4.78 is 11.3. The Kier molecular flexibility index (Phi) is 58.8. The van der Waals surface area contributed by atoms with E-state index in [1.165, 1.54) is 295 Å². The molecule has 9 nitrogen and oxygen atoms in total. The lowest BCUT2D eigenvalue weighted by Crippen LogP contribution is -2.60. The molecule has 0 aliphatic carbocycles. The van der Waals surface area contributed by atoms with Crippen molar-refractivity contribution in [1.82, 2.24) is 5.32 Å². The van der Waals surface area contributed by atoms with E-state index < -0.39 is 49.5 Å². The second-order valence-corrected chi connectivity index (χ2v) is 25.0. The number of rotatable bonds is 63. The summed E-state index contributed by atoms with van der Waals surface area (Å²) in [6.07, 6.45) is 75.6. The summed E-state index contributed by atoms with van der Waals surface area (Å²) in [4.78, 5) is 13.1. The number of aliphatic hydroxyl groups excluding tert-OH is 5. The van der Waals surface area contributed by atoms with E-state index in [1.54, 1.807) is 6.08 Å². The number of unbranched alkanes of at least 4 members (excludes halogenated alkanes) is 49. The topological polar surface area (TPSA) is 149 Å². The Morgan fingerprint density at radius 2 is 0.704 bits per heavy atom. The molecule has 7 unspecified atom stereocenters. The van der Waals surface area contributed by atoms with Crippen LogP contribution in [0.3, 0.4) is 0 Å². The first kappa shape index (κ1) is 77.4. The highest BCUT2D eigenvalue weighted by Crippen LogP contribution is 2.23. The molecule has 6 N–H and O–H groups in total. The molecule has 478 valence electrons. The van der Waals surface area contributed by atoms with Crippen LogP contribution in [-0.2, 0) is 14.3 Å². The van der Waals surface area contributed by atoms with Crippen LogP contribution in [0.4, 0.5) is 0 Å². The summed E-state index contributed by atoms with van der Waals surface area (Å²) in [5, 5.41) is 54.7. The van der Waals surface area contributed by atoms with Crippen molar-refractivity contribution in [3.05, 3.63) is 36.5 Å². The second kappa shape index (κ2) is 61.5. The predicted octanol–water partition coefficient (Wildman–Crippen LogP) is 19.4. The standard InChI is InChI=1S/C72H137NO8/c1-3-5-7-9-11-13-15-17-19-21-23-25-27-29-30-31-32-33-34-35-36-38-40-42-44-46-48-50-52-54-56-58-60-62-68(76)73-65(64-80-72-71(79)70(78)69(77)67(63-74)81-72)66(75)61-59-57-55-53-51-49-47-45-43-41-39-37-28-26-24-22-20-18-16-14-12-10-8-6-4-2/h43,45,51,53,59,61,65-67,69-72,74-75,77-79H,3-42,44,46-50,52,54-58,60,62-64H2,1-2H3,(H,73,76)/b45-43+,53-51+,61-59+. The van der Waals surface area contributed by atoms with Gasteiger partial charge in [0.25, 0.3) is 0 Å². The molecule has 81 heavy (non-hydrogen) atoms. The maximum atomic E-state index is 13.1. The highest BCUT2D eigenvalue weighted by molar-refractivity contribution is 5.76. The monoisotopic (exact) mass is 1140 g/mol. The van der Waals surface area contributed by atoms with Gasteiger partial charge in [0.15, 0.2) is 6.29 Å². The molecule has 1 heterocycles. The van der Waals surface area contributed by atoms with Crippen LogP contribution >= 0.6 is 0 Å². The largest absolute Gasteiger partial charge is 0.394 e. The zero-order chi connectivity index (χ0) is 58.6. The molecular weight excluding hydrogens is 1010 g/mol. The molecule has 0 aromatic heterocycles. The Bertz CT molecular complexity index is 1370. The van der Waals surface area contributed by atoms with E-state index in [4.69, 9.17) is 9.47 Å². The SMILES string of the molecule is CCCCCCCCCCCCCCCCC/C=C/CC/C=C/CC/C=C/C(O)C(COC1OC(CO)C(O)C(O)C1O)NC(=O)CCCCCCCCCCCCCCCCCCCCCCCCCCCCCCCCCCC. The molecule has 1 saturated heterocycles. The van der Waals surface area contributed by atoms with Gasteiger partial charge in [-0.2, -0.15) is 0 Å². The predicted molar refractivity (Wildman–Crippen MR) is 346 cm³/mol. The number of hydrogen-bond acceptors (Lipinski definition) is 8. The van der Waals surface area contributed by atoms with E-state index in [1.807, 2.05) is 6.08 Å². The van der Waals surface area contributed by atoms with E-state index in [0.29, 0.717) is 6.42 Å². The van der Waals surface area contributed by atoms with Crippen LogP contribution in [-0.4, -0.2) is 87.5 Å². The molecule has 1 rings (SSSR count). The number of carbonyl (C=O) groups excluding carboxylic acids is 1. The molecule has 1 amide bonds. The number of amides is 1. The number of allylic oxidation sites excluding steroid dienone is 5. The minimum Gasteiger partial charge on any atom is -0.394 e. The molecule has 0 aromatic carbocycles. The van der Waals surface area contributed by atoms with Crippen LogP contribution in [0, 0.1) is 0 Å². The number of nitrogens with one attached hydrogen (secondary N) is 1. The zero-order valence-electron chi connectivity index (χ0n) is 53.6. The van der Waals surface area contributed by atoms with Crippen molar-refractivity contribution in [1.29, 1.82) is 0 Å². The molecule has 1 aliphatic heterocycles. The molecule has 0 radical (unpaired) electrons. The van der Waals surface area contributed by atoms with Gasteiger partial charge in [-0.25, -0.2) is 0 Å². The number of ether oxygens (including phenoxy) is 2. The Morgan fingerprint density at radius 3 is 1.04 bits per heavy atom. The third kappa shape index (κ3) is 50.3. The first-order valence-corrected chi connectivity index (χ1v) is 35.7. The van der Waals surface area contributed by atoms with Crippen molar-refractivity contribution < 1.29 is 39.8 Å². The van der Waals surface area contributed by atoms with Crippen molar-refractivity contribution in [3.63, 3.8) is 0 Å². The molecule has 0 bridgehead atoms. The van der Waals surface area contributed by atoms with Crippen molar-refractivity contribution in [3.8, 4) is 0 Å². The second-order valence-electron chi connectivity index (χ2n) is 25.0. The van der Waals surface area contributed by atoms with E-state index >= 15 is 0 Å². The van der Waals surface area contributed by atoms with E-state index in [-0.39, 0.29) is 12.5 Å². The van der Waals surface area contributed by atoms with Gasteiger partial charge in [-0.3, -0.25) is 4.79 Å².